The van der Waals surface area contributed by atoms with E-state index in [1.165, 1.54) is 17.4 Å². The van der Waals surface area contributed by atoms with E-state index < -0.39 is 6.04 Å². The Kier molecular flexibility index (Phi) is 6.26. The molecular formula is C14H17ClFN3OS. The van der Waals surface area contributed by atoms with Gasteiger partial charge in [-0.05, 0) is 18.1 Å². The zero-order valence-corrected chi connectivity index (χ0v) is 13.3. The van der Waals surface area contributed by atoms with E-state index in [2.05, 4.69) is 10.3 Å². The molecule has 0 fully saturated rings. The Morgan fingerprint density at radius 2 is 2.05 bits per heavy atom. The molecule has 1 atom stereocenters. The van der Waals surface area contributed by atoms with Crippen molar-refractivity contribution < 1.29 is 9.18 Å². The Hall–Kier alpha value is -1.50. The van der Waals surface area contributed by atoms with Crippen molar-refractivity contribution in [3.8, 4) is 11.3 Å². The summed E-state index contributed by atoms with van der Waals surface area (Å²) < 4.78 is 13.6. The second-order valence-electron chi connectivity index (χ2n) is 4.78. The van der Waals surface area contributed by atoms with Crippen molar-refractivity contribution in [1.82, 2.24) is 4.98 Å². The van der Waals surface area contributed by atoms with Crippen LogP contribution in [0.5, 0.6) is 0 Å². The summed E-state index contributed by atoms with van der Waals surface area (Å²) in [6.45, 7) is 3.74. The number of carbonyl (C=O) groups is 1. The summed E-state index contributed by atoms with van der Waals surface area (Å²) in [6, 6.07) is 5.80. The van der Waals surface area contributed by atoms with Gasteiger partial charge in [-0.3, -0.25) is 4.79 Å². The van der Waals surface area contributed by atoms with Gasteiger partial charge in [-0.15, -0.1) is 23.7 Å². The van der Waals surface area contributed by atoms with Gasteiger partial charge in [0.25, 0.3) is 0 Å². The fourth-order valence-electron chi connectivity index (χ4n) is 1.62. The van der Waals surface area contributed by atoms with Crippen LogP contribution in [0.4, 0.5) is 9.52 Å². The molecular weight excluding hydrogens is 313 g/mol. The third kappa shape index (κ3) is 4.23. The van der Waals surface area contributed by atoms with Crippen molar-refractivity contribution in [3.63, 3.8) is 0 Å². The predicted molar refractivity (Wildman–Crippen MR) is 86.2 cm³/mol. The summed E-state index contributed by atoms with van der Waals surface area (Å²) in [6.07, 6.45) is 0. The van der Waals surface area contributed by atoms with Crippen LogP contribution in [0.2, 0.25) is 0 Å². The maximum atomic E-state index is 13.6. The second-order valence-corrected chi connectivity index (χ2v) is 5.63. The van der Waals surface area contributed by atoms with Crippen LogP contribution < -0.4 is 11.1 Å². The van der Waals surface area contributed by atoms with Crippen LogP contribution in [0, 0.1) is 11.7 Å². The molecule has 0 saturated heterocycles. The molecule has 7 heteroatoms. The summed E-state index contributed by atoms with van der Waals surface area (Å²) in [4.78, 5) is 16.0. The lowest BCUT2D eigenvalue weighted by Gasteiger charge is -2.13. The Bertz CT molecular complexity index is 618. The van der Waals surface area contributed by atoms with E-state index in [0.29, 0.717) is 16.4 Å². The Balaban J connectivity index is 0.00000220. The van der Waals surface area contributed by atoms with E-state index in [0.717, 1.165) is 0 Å². The van der Waals surface area contributed by atoms with E-state index in [-0.39, 0.29) is 30.0 Å². The van der Waals surface area contributed by atoms with E-state index in [4.69, 9.17) is 5.73 Å². The molecule has 1 heterocycles. The van der Waals surface area contributed by atoms with Crippen molar-refractivity contribution >= 4 is 34.8 Å². The number of hydrogen-bond acceptors (Lipinski definition) is 4. The van der Waals surface area contributed by atoms with Gasteiger partial charge < -0.3 is 11.1 Å². The zero-order chi connectivity index (χ0) is 14.7. The molecule has 2 rings (SSSR count). The van der Waals surface area contributed by atoms with Crippen LogP contribution >= 0.6 is 23.7 Å². The van der Waals surface area contributed by atoms with Crippen LogP contribution in [0.3, 0.4) is 0 Å². The minimum atomic E-state index is -0.587. The molecule has 21 heavy (non-hydrogen) atoms. The summed E-state index contributed by atoms with van der Waals surface area (Å²) in [5.74, 6) is -0.579. The van der Waals surface area contributed by atoms with Crippen molar-refractivity contribution in [2.45, 2.75) is 19.9 Å². The third-order valence-corrected chi connectivity index (χ3v) is 3.66. The Morgan fingerprint density at radius 1 is 1.38 bits per heavy atom. The molecule has 0 aliphatic heterocycles. The van der Waals surface area contributed by atoms with E-state index >= 15 is 0 Å². The van der Waals surface area contributed by atoms with E-state index in [1.54, 1.807) is 23.6 Å². The fourth-order valence-corrected chi connectivity index (χ4v) is 2.33. The molecule has 0 aliphatic rings. The van der Waals surface area contributed by atoms with Gasteiger partial charge in [0, 0.05) is 10.9 Å². The first kappa shape index (κ1) is 17.6. The van der Waals surface area contributed by atoms with Crippen LogP contribution in [0.15, 0.2) is 29.6 Å². The number of hydrogen-bond donors (Lipinski definition) is 2. The average molecular weight is 330 g/mol. The minimum absolute atomic E-state index is 0. The first-order valence-electron chi connectivity index (χ1n) is 6.26. The Morgan fingerprint density at radius 3 is 2.67 bits per heavy atom. The van der Waals surface area contributed by atoms with Crippen molar-refractivity contribution in [3.05, 3.63) is 35.5 Å². The predicted octanol–water partition coefficient (Wildman–Crippen LogP) is 3.29. The molecule has 1 aromatic carbocycles. The summed E-state index contributed by atoms with van der Waals surface area (Å²) in [7, 11) is 0. The highest BCUT2D eigenvalue weighted by Crippen LogP contribution is 2.26. The quantitative estimate of drug-likeness (QED) is 0.904. The molecule has 0 spiro atoms. The first-order valence-corrected chi connectivity index (χ1v) is 7.14. The molecule has 3 N–H and O–H groups in total. The minimum Gasteiger partial charge on any atom is -0.320 e. The number of carbonyl (C=O) groups excluding carboxylic acids is 1. The molecule has 114 valence electrons. The van der Waals surface area contributed by atoms with Gasteiger partial charge in [-0.1, -0.05) is 26.0 Å². The van der Waals surface area contributed by atoms with Crippen LogP contribution in [-0.2, 0) is 4.79 Å². The average Bonchev–Trinajstić information content (AvgIpc) is 2.86. The molecule has 4 nitrogen and oxygen atoms in total. The van der Waals surface area contributed by atoms with Crippen molar-refractivity contribution in [2.75, 3.05) is 5.32 Å². The standard InChI is InChI=1S/C14H16FN3OS.ClH/c1-8(2)12(16)13(19)18-14-17-11(7-20-14)9-5-3-4-6-10(9)15;/h3-8,12H,16H2,1-2H3,(H,17,18,19);1H/t12-;/m0./s1. The van der Waals surface area contributed by atoms with Gasteiger partial charge in [0.1, 0.15) is 5.82 Å². The monoisotopic (exact) mass is 329 g/mol. The first-order chi connectivity index (χ1) is 9.49. The molecule has 1 aromatic heterocycles. The number of rotatable bonds is 4. The SMILES string of the molecule is CC(C)[C@H](N)C(=O)Nc1nc(-c2ccccc2F)cs1.Cl. The van der Waals surface area contributed by atoms with Gasteiger partial charge >= 0.3 is 0 Å². The topological polar surface area (TPSA) is 68.0 Å². The molecule has 2 aromatic rings. The molecule has 1 amide bonds. The number of anilines is 1. The van der Waals surface area contributed by atoms with E-state index in [9.17, 15) is 9.18 Å². The van der Waals surface area contributed by atoms with Crippen LogP contribution in [-0.4, -0.2) is 16.9 Å². The second kappa shape index (κ2) is 7.49. The number of aromatic nitrogens is 1. The number of nitrogens with one attached hydrogen (secondary N) is 1. The summed E-state index contributed by atoms with van der Waals surface area (Å²) >= 11 is 1.25. The zero-order valence-electron chi connectivity index (χ0n) is 11.7. The maximum Gasteiger partial charge on any atom is 0.243 e. The van der Waals surface area contributed by atoms with E-state index in [1.807, 2.05) is 13.8 Å². The highest BCUT2D eigenvalue weighted by molar-refractivity contribution is 7.14. The van der Waals surface area contributed by atoms with Crippen molar-refractivity contribution in [2.24, 2.45) is 11.7 Å². The number of halogens is 2. The number of thiazole rings is 1. The van der Waals surface area contributed by atoms with Gasteiger partial charge in [0.05, 0.1) is 11.7 Å². The van der Waals surface area contributed by atoms with Crippen LogP contribution in [0.1, 0.15) is 13.8 Å². The maximum absolute atomic E-state index is 13.6. The molecule has 0 radical (unpaired) electrons. The fraction of sp³-hybridized carbons (Fsp3) is 0.286. The smallest absolute Gasteiger partial charge is 0.243 e. The molecule has 0 bridgehead atoms. The highest BCUT2D eigenvalue weighted by Gasteiger charge is 2.18. The van der Waals surface area contributed by atoms with Gasteiger partial charge in [-0.2, -0.15) is 0 Å². The lowest BCUT2D eigenvalue weighted by Crippen LogP contribution is -2.39. The number of amides is 1. The molecule has 0 saturated carbocycles. The largest absolute Gasteiger partial charge is 0.320 e. The molecule has 0 aliphatic carbocycles. The highest BCUT2D eigenvalue weighted by atomic mass is 35.5. The number of nitrogens with two attached hydrogens (primary N) is 1. The van der Waals surface area contributed by atoms with Gasteiger partial charge in [-0.25, -0.2) is 9.37 Å². The third-order valence-electron chi connectivity index (χ3n) is 2.91. The number of benzene rings is 1. The molecule has 0 unspecified atom stereocenters. The Labute approximate surface area is 133 Å². The van der Waals surface area contributed by atoms with Gasteiger partial charge in [0.2, 0.25) is 5.91 Å². The summed E-state index contributed by atoms with van der Waals surface area (Å²) in [5, 5.41) is 4.78. The van der Waals surface area contributed by atoms with Crippen molar-refractivity contribution in [1.29, 1.82) is 0 Å². The lowest BCUT2D eigenvalue weighted by molar-refractivity contribution is -0.118. The summed E-state index contributed by atoms with van der Waals surface area (Å²) in [5.41, 5.74) is 6.67. The normalized spacial score (nSPS) is 11.9. The number of nitrogens with zero attached hydrogens (tertiary/aromatic N) is 1. The lowest BCUT2D eigenvalue weighted by atomic mass is 10.1. The van der Waals surface area contributed by atoms with Crippen LogP contribution in [0.25, 0.3) is 11.3 Å². The van der Waals surface area contributed by atoms with Gasteiger partial charge in [0.15, 0.2) is 5.13 Å².